The first-order valence-electron chi connectivity index (χ1n) is 5.09. The standard InChI is InChI=1S/C9H19NO3S/c1-8(7-11)5-10-6-9-3-2-4-14(9,12)13/h8-11H,2-7H2,1H3. The maximum atomic E-state index is 11.4. The minimum atomic E-state index is -2.82. The third-order valence-corrected chi connectivity index (χ3v) is 4.92. The van der Waals surface area contributed by atoms with E-state index < -0.39 is 9.84 Å². The predicted molar refractivity (Wildman–Crippen MR) is 55.9 cm³/mol. The molecule has 0 aromatic heterocycles. The highest BCUT2D eigenvalue weighted by atomic mass is 32.2. The highest BCUT2D eigenvalue weighted by molar-refractivity contribution is 7.92. The van der Waals surface area contributed by atoms with Crippen molar-refractivity contribution in [3.8, 4) is 0 Å². The van der Waals surface area contributed by atoms with Crippen LogP contribution in [0, 0.1) is 5.92 Å². The Kier molecular flexibility index (Phi) is 4.34. The van der Waals surface area contributed by atoms with Crippen molar-refractivity contribution in [2.24, 2.45) is 5.92 Å². The predicted octanol–water partition coefficient (Wildman–Crippen LogP) is -0.218. The van der Waals surface area contributed by atoms with Gasteiger partial charge < -0.3 is 10.4 Å². The van der Waals surface area contributed by atoms with Gasteiger partial charge in [0.05, 0.1) is 11.0 Å². The molecule has 14 heavy (non-hydrogen) atoms. The lowest BCUT2D eigenvalue weighted by Gasteiger charge is -2.13. The Morgan fingerprint density at radius 1 is 1.57 bits per heavy atom. The molecule has 1 rings (SSSR count). The molecular formula is C9H19NO3S. The van der Waals surface area contributed by atoms with Gasteiger partial charge in [-0.25, -0.2) is 8.42 Å². The molecule has 0 aliphatic carbocycles. The Hall–Kier alpha value is -0.130. The Balaban J connectivity index is 2.25. The van der Waals surface area contributed by atoms with Crippen LogP contribution in [0.25, 0.3) is 0 Å². The Morgan fingerprint density at radius 2 is 2.29 bits per heavy atom. The van der Waals surface area contributed by atoms with Crippen molar-refractivity contribution in [1.82, 2.24) is 5.32 Å². The van der Waals surface area contributed by atoms with Gasteiger partial charge in [-0.05, 0) is 25.3 Å². The van der Waals surface area contributed by atoms with Crippen LogP contribution in [0.15, 0.2) is 0 Å². The zero-order chi connectivity index (χ0) is 10.6. The van der Waals surface area contributed by atoms with E-state index in [2.05, 4.69) is 5.32 Å². The molecule has 0 amide bonds. The average Bonchev–Trinajstić information content (AvgIpc) is 2.45. The highest BCUT2D eigenvalue weighted by Gasteiger charge is 2.30. The lowest BCUT2D eigenvalue weighted by molar-refractivity contribution is 0.234. The summed E-state index contributed by atoms with van der Waals surface area (Å²) in [5.41, 5.74) is 0. The maximum Gasteiger partial charge on any atom is 0.154 e. The smallest absolute Gasteiger partial charge is 0.154 e. The van der Waals surface area contributed by atoms with Gasteiger partial charge in [0.25, 0.3) is 0 Å². The van der Waals surface area contributed by atoms with Gasteiger partial charge in [0.15, 0.2) is 9.84 Å². The molecule has 1 saturated heterocycles. The second-order valence-electron chi connectivity index (χ2n) is 4.08. The number of rotatable bonds is 5. The molecular weight excluding hydrogens is 202 g/mol. The van der Waals surface area contributed by atoms with Crippen molar-refractivity contribution in [3.63, 3.8) is 0 Å². The fraction of sp³-hybridized carbons (Fsp3) is 1.00. The summed E-state index contributed by atoms with van der Waals surface area (Å²) in [6, 6.07) is 0. The summed E-state index contributed by atoms with van der Waals surface area (Å²) in [6.07, 6.45) is 1.58. The molecule has 2 N–H and O–H groups in total. The molecule has 1 fully saturated rings. The van der Waals surface area contributed by atoms with Gasteiger partial charge in [0.2, 0.25) is 0 Å². The summed E-state index contributed by atoms with van der Waals surface area (Å²) >= 11 is 0. The molecule has 1 aliphatic rings. The van der Waals surface area contributed by atoms with Gasteiger partial charge >= 0.3 is 0 Å². The van der Waals surface area contributed by atoms with Crippen LogP contribution >= 0.6 is 0 Å². The van der Waals surface area contributed by atoms with Gasteiger partial charge in [-0.2, -0.15) is 0 Å². The second kappa shape index (κ2) is 5.09. The number of nitrogens with one attached hydrogen (secondary N) is 1. The first kappa shape index (κ1) is 11.9. The Labute approximate surface area is 85.6 Å². The molecule has 0 bridgehead atoms. The summed E-state index contributed by atoms with van der Waals surface area (Å²) in [5, 5.41) is 11.7. The molecule has 5 heteroatoms. The van der Waals surface area contributed by atoms with Crippen molar-refractivity contribution in [3.05, 3.63) is 0 Å². The van der Waals surface area contributed by atoms with Crippen LogP contribution in [0.5, 0.6) is 0 Å². The molecule has 0 spiro atoms. The monoisotopic (exact) mass is 221 g/mol. The molecule has 4 nitrogen and oxygen atoms in total. The van der Waals surface area contributed by atoms with Crippen LogP contribution in [0.3, 0.4) is 0 Å². The zero-order valence-corrected chi connectivity index (χ0v) is 9.39. The summed E-state index contributed by atoms with van der Waals surface area (Å²) < 4.78 is 22.8. The summed E-state index contributed by atoms with van der Waals surface area (Å²) in [7, 11) is -2.82. The normalized spacial score (nSPS) is 27.7. The fourth-order valence-corrected chi connectivity index (χ4v) is 3.44. The summed E-state index contributed by atoms with van der Waals surface area (Å²) in [6.45, 7) is 3.29. The minimum Gasteiger partial charge on any atom is -0.396 e. The van der Waals surface area contributed by atoms with E-state index in [0.717, 1.165) is 12.8 Å². The van der Waals surface area contributed by atoms with Crippen molar-refractivity contribution < 1.29 is 13.5 Å². The van der Waals surface area contributed by atoms with E-state index in [-0.39, 0.29) is 17.8 Å². The van der Waals surface area contributed by atoms with E-state index >= 15 is 0 Å². The van der Waals surface area contributed by atoms with Crippen LogP contribution in [0.1, 0.15) is 19.8 Å². The molecule has 0 aromatic carbocycles. The van der Waals surface area contributed by atoms with Gasteiger partial charge in [-0.3, -0.25) is 0 Å². The zero-order valence-electron chi connectivity index (χ0n) is 8.57. The molecule has 2 unspecified atom stereocenters. The van der Waals surface area contributed by atoms with Gasteiger partial charge in [0, 0.05) is 13.2 Å². The van der Waals surface area contributed by atoms with Crippen LogP contribution in [-0.2, 0) is 9.84 Å². The number of hydrogen-bond donors (Lipinski definition) is 2. The third kappa shape index (κ3) is 3.22. The van der Waals surface area contributed by atoms with Crippen molar-refractivity contribution >= 4 is 9.84 Å². The first-order valence-corrected chi connectivity index (χ1v) is 6.81. The number of sulfone groups is 1. The fourth-order valence-electron chi connectivity index (χ4n) is 1.64. The molecule has 0 saturated carbocycles. The van der Waals surface area contributed by atoms with Crippen LogP contribution in [-0.4, -0.2) is 44.2 Å². The number of aliphatic hydroxyl groups excluding tert-OH is 1. The summed E-state index contributed by atoms with van der Waals surface area (Å²) in [5.74, 6) is 0.536. The van der Waals surface area contributed by atoms with Crippen LogP contribution < -0.4 is 5.32 Å². The van der Waals surface area contributed by atoms with Crippen LogP contribution in [0.4, 0.5) is 0 Å². The lowest BCUT2D eigenvalue weighted by Crippen LogP contribution is -2.33. The van der Waals surface area contributed by atoms with E-state index in [1.165, 1.54) is 0 Å². The highest BCUT2D eigenvalue weighted by Crippen LogP contribution is 2.18. The SMILES string of the molecule is CC(CO)CNCC1CCCS1(=O)=O. The number of aliphatic hydroxyl groups is 1. The van der Waals surface area contributed by atoms with Crippen molar-refractivity contribution in [2.45, 2.75) is 25.0 Å². The molecule has 0 radical (unpaired) electrons. The topological polar surface area (TPSA) is 66.4 Å². The van der Waals surface area contributed by atoms with Crippen LogP contribution in [0.2, 0.25) is 0 Å². The molecule has 0 aromatic rings. The Bertz CT molecular complexity index is 263. The first-order chi connectivity index (χ1) is 6.56. The third-order valence-electron chi connectivity index (χ3n) is 2.64. The average molecular weight is 221 g/mol. The van der Waals surface area contributed by atoms with E-state index in [1.54, 1.807) is 0 Å². The van der Waals surface area contributed by atoms with Crippen molar-refractivity contribution in [1.29, 1.82) is 0 Å². The Morgan fingerprint density at radius 3 is 2.79 bits per heavy atom. The molecule has 1 aliphatic heterocycles. The molecule has 1 heterocycles. The number of hydrogen-bond acceptors (Lipinski definition) is 4. The lowest BCUT2D eigenvalue weighted by atomic mass is 10.2. The quantitative estimate of drug-likeness (QED) is 0.673. The largest absolute Gasteiger partial charge is 0.396 e. The minimum absolute atomic E-state index is 0.143. The summed E-state index contributed by atoms with van der Waals surface area (Å²) in [4.78, 5) is 0. The van der Waals surface area contributed by atoms with Gasteiger partial charge in [-0.1, -0.05) is 6.92 Å². The van der Waals surface area contributed by atoms with E-state index in [4.69, 9.17) is 5.11 Å². The molecule has 84 valence electrons. The van der Waals surface area contributed by atoms with E-state index in [1.807, 2.05) is 6.92 Å². The van der Waals surface area contributed by atoms with Gasteiger partial charge in [0.1, 0.15) is 0 Å². The second-order valence-corrected chi connectivity index (χ2v) is 6.48. The maximum absolute atomic E-state index is 11.4. The molecule has 2 atom stereocenters. The van der Waals surface area contributed by atoms with E-state index in [0.29, 0.717) is 18.8 Å². The van der Waals surface area contributed by atoms with Crippen molar-refractivity contribution in [2.75, 3.05) is 25.4 Å². The van der Waals surface area contributed by atoms with E-state index in [9.17, 15) is 8.42 Å². The van der Waals surface area contributed by atoms with Gasteiger partial charge in [-0.15, -0.1) is 0 Å².